The first-order chi connectivity index (χ1) is 15.9. The summed E-state index contributed by atoms with van der Waals surface area (Å²) in [5.41, 5.74) is 4.02. The monoisotopic (exact) mass is 446 g/mol. The number of aromatic nitrogens is 3. The van der Waals surface area contributed by atoms with Crippen LogP contribution in [0.25, 0.3) is 22.2 Å². The number of nitrogens with zero attached hydrogens (tertiary/aromatic N) is 3. The topological polar surface area (TPSA) is 87.5 Å². The average molecular weight is 447 g/mol. The Hall–Kier alpha value is -4.07. The Kier molecular flexibility index (Phi) is 6.17. The van der Waals surface area contributed by atoms with Crippen LogP contribution in [-0.2, 0) is 11.8 Å². The highest BCUT2D eigenvalue weighted by Crippen LogP contribution is 2.33. The summed E-state index contributed by atoms with van der Waals surface area (Å²) in [4.78, 5) is 17.5. The number of carbonyl (C=O) groups is 1. The van der Waals surface area contributed by atoms with Crippen LogP contribution in [0, 0.1) is 6.92 Å². The van der Waals surface area contributed by atoms with E-state index in [2.05, 4.69) is 15.4 Å². The third kappa shape index (κ3) is 4.45. The van der Waals surface area contributed by atoms with Gasteiger partial charge in [-0.3, -0.25) is 9.48 Å². The van der Waals surface area contributed by atoms with Gasteiger partial charge in [0.05, 0.1) is 31.0 Å². The van der Waals surface area contributed by atoms with E-state index in [-0.39, 0.29) is 5.91 Å². The maximum atomic E-state index is 12.9. The summed E-state index contributed by atoms with van der Waals surface area (Å²) in [5, 5.41) is 8.31. The molecule has 8 nitrogen and oxygen atoms in total. The molecule has 1 amide bonds. The highest BCUT2D eigenvalue weighted by atomic mass is 16.5. The maximum absolute atomic E-state index is 12.9. The Morgan fingerprint density at radius 1 is 1.06 bits per heavy atom. The van der Waals surface area contributed by atoms with Crippen LogP contribution >= 0.6 is 0 Å². The summed E-state index contributed by atoms with van der Waals surface area (Å²) in [6.45, 7) is 3.62. The summed E-state index contributed by atoms with van der Waals surface area (Å²) < 4.78 is 18.3. The van der Waals surface area contributed by atoms with Crippen molar-refractivity contribution in [2.75, 3.05) is 19.5 Å². The van der Waals surface area contributed by atoms with E-state index in [4.69, 9.17) is 14.2 Å². The van der Waals surface area contributed by atoms with Crippen LogP contribution in [0.1, 0.15) is 12.6 Å². The Balaban J connectivity index is 1.64. The second-order valence-electron chi connectivity index (χ2n) is 7.60. The van der Waals surface area contributed by atoms with Crippen molar-refractivity contribution in [3.63, 3.8) is 0 Å². The molecule has 0 radical (unpaired) electrons. The molecule has 0 bridgehead atoms. The van der Waals surface area contributed by atoms with Gasteiger partial charge in [-0.05, 0) is 37.1 Å². The minimum absolute atomic E-state index is 0.338. The lowest BCUT2D eigenvalue weighted by Crippen LogP contribution is -2.30. The molecule has 4 aromatic rings. The number of amides is 1. The zero-order valence-electron chi connectivity index (χ0n) is 19.2. The molecule has 0 saturated heterocycles. The first-order valence-corrected chi connectivity index (χ1v) is 10.5. The van der Waals surface area contributed by atoms with E-state index in [1.54, 1.807) is 36.9 Å². The number of fused-ring (bicyclic) bond motifs is 1. The van der Waals surface area contributed by atoms with E-state index >= 15 is 0 Å². The number of methoxy groups -OCH3 is 2. The van der Waals surface area contributed by atoms with Crippen LogP contribution in [0.2, 0.25) is 0 Å². The van der Waals surface area contributed by atoms with Gasteiger partial charge in [0.2, 0.25) is 5.88 Å². The van der Waals surface area contributed by atoms with Crippen LogP contribution in [-0.4, -0.2) is 41.0 Å². The van der Waals surface area contributed by atoms with Gasteiger partial charge in [0.15, 0.2) is 11.8 Å². The highest BCUT2D eigenvalue weighted by Gasteiger charge is 2.21. The molecule has 0 fully saturated rings. The number of benzene rings is 2. The molecule has 1 atom stereocenters. The standard InChI is InChI=1S/C25H26N4O4/c1-15-23-19(17-9-7-6-8-10-17)14-22(27-24(23)29(3)28-15)33-16(2)25(30)26-20-13-18(31-4)11-12-21(20)32-5/h6-14,16H,1-5H3,(H,26,30)/t16-/m0/s1. The number of hydrogen-bond acceptors (Lipinski definition) is 6. The van der Waals surface area contributed by atoms with Gasteiger partial charge in [0, 0.05) is 19.2 Å². The van der Waals surface area contributed by atoms with E-state index in [0.29, 0.717) is 28.7 Å². The fourth-order valence-corrected chi connectivity index (χ4v) is 3.71. The molecule has 2 heterocycles. The van der Waals surface area contributed by atoms with Crippen LogP contribution in [0.4, 0.5) is 5.69 Å². The molecule has 170 valence electrons. The molecule has 2 aromatic carbocycles. The van der Waals surface area contributed by atoms with E-state index < -0.39 is 6.10 Å². The Bertz CT molecular complexity index is 1300. The normalized spacial score (nSPS) is 11.8. The minimum atomic E-state index is -0.816. The predicted octanol–water partition coefficient (Wildman–Crippen LogP) is 4.37. The molecule has 0 unspecified atom stereocenters. The third-order valence-corrected chi connectivity index (χ3v) is 5.36. The number of carbonyl (C=O) groups excluding carboxylic acids is 1. The van der Waals surface area contributed by atoms with E-state index in [0.717, 1.165) is 22.2 Å². The molecule has 0 saturated carbocycles. The van der Waals surface area contributed by atoms with Crippen molar-refractivity contribution < 1.29 is 19.0 Å². The summed E-state index contributed by atoms with van der Waals surface area (Å²) in [7, 11) is 4.94. The second-order valence-corrected chi connectivity index (χ2v) is 7.60. The lowest BCUT2D eigenvalue weighted by molar-refractivity contribution is -0.122. The summed E-state index contributed by atoms with van der Waals surface area (Å²) >= 11 is 0. The molecule has 33 heavy (non-hydrogen) atoms. The van der Waals surface area contributed by atoms with Crippen LogP contribution in [0.15, 0.2) is 54.6 Å². The smallest absolute Gasteiger partial charge is 0.265 e. The number of anilines is 1. The molecule has 8 heteroatoms. The second kappa shape index (κ2) is 9.20. The lowest BCUT2D eigenvalue weighted by Gasteiger charge is -2.17. The van der Waals surface area contributed by atoms with Gasteiger partial charge in [0.25, 0.3) is 5.91 Å². The molecule has 1 N–H and O–H groups in total. The summed E-state index contributed by atoms with van der Waals surface area (Å²) in [5.74, 6) is 1.12. The maximum Gasteiger partial charge on any atom is 0.265 e. The minimum Gasteiger partial charge on any atom is -0.497 e. The van der Waals surface area contributed by atoms with Crippen LogP contribution in [0.3, 0.4) is 0 Å². The molecule has 0 aliphatic rings. The van der Waals surface area contributed by atoms with Gasteiger partial charge in [-0.2, -0.15) is 10.1 Å². The zero-order valence-corrected chi connectivity index (χ0v) is 19.2. The number of hydrogen-bond donors (Lipinski definition) is 1. The van der Waals surface area contributed by atoms with Crippen molar-refractivity contribution in [2.24, 2.45) is 7.05 Å². The van der Waals surface area contributed by atoms with Gasteiger partial charge >= 0.3 is 0 Å². The SMILES string of the molecule is COc1ccc(OC)c(NC(=O)[C@H](C)Oc2cc(-c3ccccc3)c3c(C)nn(C)c3n2)c1. The largest absolute Gasteiger partial charge is 0.497 e. The van der Waals surface area contributed by atoms with Crippen molar-refractivity contribution in [1.29, 1.82) is 0 Å². The van der Waals surface area contributed by atoms with Gasteiger partial charge in [-0.25, -0.2) is 0 Å². The quantitative estimate of drug-likeness (QED) is 0.454. The van der Waals surface area contributed by atoms with Crippen LogP contribution in [0.5, 0.6) is 17.4 Å². The van der Waals surface area contributed by atoms with E-state index in [9.17, 15) is 4.79 Å². The first-order valence-electron chi connectivity index (χ1n) is 10.5. The van der Waals surface area contributed by atoms with Crippen molar-refractivity contribution in [1.82, 2.24) is 14.8 Å². The molecule has 2 aromatic heterocycles. The van der Waals surface area contributed by atoms with Crippen molar-refractivity contribution in [3.05, 3.63) is 60.3 Å². The molecule has 0 aliphatic carbocycles. The zero-order chi connectivity index (χ0) is 23.5. The summed E-state index contributed by atoms with van der Waals surface area (Å²) in [6, 6.07) is 17.0. The fourth-order valence-electron chi connectivity index (χ4n) is 3.71. The Labute approximate surface area is 192 Å². The molecular weight excluding hydrogens is 420 g/mol. The number of ether oxygens (including phenoxy) is 3. The lowest BCUT2D eigenvalue weighted by atomic mass is 10.0. The van der Waals surface area contributed by atoms with Crippen molar-refractivity contribution in [3.8, 4) is 28.5 Å². The molecule has 4 rings (SSSR count). The predicted molar refractivity (Wildman–Crippen MR) is 127 cm³/mol. The molecule has 0 aliphatic heterocycles. The van der Waals surface area contributed by atoms with Gasteiger partial charge in [0.1, 0.15) is 11.5 Å². The van der Waals surface area contributed by atoms with E-state index in [1.165, 1.54) is 7.11 Å². The van der Waals surface area contributed by atoms with Gasteiger partial charge < -0.3 is 19.5 Å². The number of rotatable bonds is 7. The number of aryl methyl sites for hydroxylation is 2. The first kappa shape index (κ1) is 22.1. The highest BCUT2D eigenvalue weighted by molar-refractivity contribution is 5.97. The number of nitrogens with one attached hydrogen (secondary N) is 1. The van der Waals surface area contributed by atoms with E-state index in [1.807, 2.05) is 50.4 Å². The molecule has 0 spiro atoms. The Morgan fingerprint density at radius 2 is 1.82 bits per heavy atom. The summed E-state index contributed by atoms with van der Waals surface area (Å²) in [6.07, 6.45) is -0.816. The third-order valence-electron chi connectivity index (χ3n) is 5.36. The Morgan fingerprint density at radius 3 is 2.52 bits per heavy atom. The number of pyridine rings is 1. The molecular formula is C25H26N4O4. The van der Waals surface area contributed by atoms with Crippen molar-refractivity contribution in [2.45, 2.75) is 20.0 Å². The average Bonchev–Trinajstić information content (AvgIpc) is 3.12. The van der Waals surface area contributed by atoms with Crippen molar-refractivity contribution >= 4 is 22.6 Å². The van der Waals surface area contributed by atoms with Gasteiger partial charge in [-0.1, -0.05) is 30.3 Å². The van der Waals surface area contributed by atoms with Crippen LogP contribution < -0.4 is 19.5 Å². The van der Waals surface area contributed by atoms with Gasteiger partial charge in [-0.15, -0.1) is 0 Å². The fraction of sp³-hybridized carbons (Fsp3) is 0.240.